The summed E-state index contributed by atoms with van der Waals surface area (Å²) in [5.74, 6) is -1.06. The summed E-state index contributed by atoms with van der Waals surface area (Å²) < 4.78 is 32.6. The van der Waals surface area contributed by atoms with Crippen LogP contribution in [0.3, 0.4) is 0 Å². The van der Waals surface area contributed by atoms with Crippen molar-refractivity contribution in [3.63, 3.8) is 0 Å². The Morgan fingerprint density at radius 1 is 1.24 bits per heavy atom. The van der Waals surface area contributed by atoms with E-state index >= 15 is 0 Å². The molecule has 0 fully saturated rings. The second-order valence-electron chi connectivity index (χ2n) is 3.82. The van der Waals surface area contributed by atoms with E-state index in [1.807, 2.05) is 13.8 Å². The summed E-state index contributed by atoms with van der Waals surface area (Å²) in [4.78, 5) is 0. The molecule has 1 unspecified atom stereocenters. The van der Waals surface area contributed by atoms with Crippen molar-refractivity contribution in [1.29, 1.82) is 0 Å². The molecule has 0 radical (unpaired) electrons. The molecule has 2 nitrogen and oxygen atoms in total. The number of hydrogen-bond acceptors (Lipinski definition) is 2. The SMILES string of the molecule is CCCOCC(NCC)c1c(F)cccc1F. The van der Waals surface area contributed by atoms with Gasteiger partial charge < -0.3 is 10.1 Å². The maximum atomic E-state index is 13.6. The first-order valence-corrected chi connectivity index (χ1v) is 5.95. The van der Waals surface area contributed by atoms with Crippen LogP contribution in [0.4, 0.5) is 8.78 Å². The zero-order chi connectivity index (χ0) is 12.7. The number of benzene rings is 1. The molecule has 0 aromatic heterocycles. The van der Waals surface area contributed by atoms with Gasteiger partial charge in [-0.25, -0.2) is 8.78 Å². The molecule has 0 amide bonds. The minimum absolute atomic E-state index is 0.0606. The highest BCUT2D eigenvalue weighted by Crippen LogP contribution is 2.21. The zero-order valence-electron chi connectivity index (χ0n) is 10.3. The topological polar surface area (TPSA) is 21.3 Å². The molecule has 1 atom stereocenters. The maximum absolute atomic E-state index is 13.6. The van der Waals surface area contributed by atoms with Gasteiger partial charge in [-0.15, -0.1) is 0 Å². The second-order valence-corrected chi connectivity index (χ2v) is 3.82. The van der Waals surface area contributed by atoms with Crippen LogP contribution in [0.15, 0.2) is 18.2 Å². The first-order chi connectivity index (χ1) is 8.20. The van der Waals surface area contributed by atoms with E-state index in [0.717, 1.165) is 6.42 Å². The summed E-state index contributed by atoms with van der Waals surface area (Å²) in [5, 5.41) is 3.03. The van der Waals surface area contributed by atoms with Crippen molar-refractivity contribution in [2.45, 2.75) is 26.3 Å². The van der Waals surface area contributed by atoms with Crippen LogP contribution >= 0.6 is 0 Å². The van der Waals surface area contributed by atoms with Crippen LogP contribution in [-0.4, -0.2) is 19.8 Å². The zero-order valence-corrected chi connectivity index (χ0v) is 10.3. The van der Waals surface area contributed by atoms with E-state index in [4.69, 9.17) is 4.74 Å². The van der Waals surface area contributed by atoms with E-state index in [0.29, 0.717) is 13.2 Å². The lowest BCUT2D eigenvalue weighted by Crippen LogP contribution is -2.27. The fourth-order valence-corrected chi connectivity index (χ4v) is 1.68. The molecule has 17 heavy (non-hydrogen) atoms. The molecular formula is C13H19F2NO. The van der Waals surface area contributed by atoms with Crippen LogP contribution in [-0.2, 0) is 4.74 Å². The molecule has 1 aromatic carbocycles. The number of rotatable bonds is 7. The van der Waals surface area contributed by atoms with Crippen molar-refractivity contribution in [2.75, 3.05) is 19.8 Å². The van der Waals surface area contributed by atoms with Crippen molar-refractivity contribution in [2.24, 2.45) is 0 Å². The van der Waals surface area contributed by atoms with Crippen molar-refractivity contribution < 1.29 is 13.5 Å². The standard InChI is InChI=1S/C13H19F2NO/c1-3-8-17-9-12(16-4-2)13-10(14)6-5-7-11(13)15/h5-7,12,16H,3-4,8-9H2,1-2H3. The predicted molar refractivity (Wildman–Crippen MR) is 63.9 cm³/mol. The van der Waals surface area contributed by atoms with E-state index in [2.05, 4.69) is 5.32 Å². The number of likely N-dealkylation sites (N-methyl/N-ethyl adjacent to an activating group) is 1. The minimum atomic E-state index is -0.531. The predicted octanol–water partition coefficient (Wildman–Crippen LogP) is 3.04. The lowest BCUT2D eigenvalue weighted by atomic mass is 10.1. The monoisotopic (exact) mass is 243 g/mol. The highest BCUT2D eigenvalue weighted by molar-refractivity contribution is 5.23. The highest BCUT2D eigenvalue weighted by Gasteiger charge is 2.19. The summed E-state index contributed by atoms with van der Waals surface area (Å²) >= 11 is 0. The quantitative estimate of drug-likeness (QED) is 0.743. The van der Waals surface area contributed by atoms with E-state index in [-0.39, 0.29) is 12.2 Å². The largest absolute Gasteiger partial charge is 0.379 e. The van der Waals surface area contributed by atoms with Gasteiger partial charge in [0, 0.05) is 12.2 Å². The molecule has 0 heterocycles. The maximum Gasteiger partial charge on any atom is 0.131 e. The number of hydrogen-bond donors (Lipinski definition) is 1. The summed E-state index contributed by atoms with van der Waals surface area (Å²) in [5.41, 5.74) is 0.0606. The molecule has 96 valence electrons. The van der Waals surface area contributed by atoms with Gasteiger partial charge in [0.2, 0.25) is 0 Å². The molecule has 4 heteroatoms. The second kappa shape index (κ2) is 7.35. The van der Waals surface area contributed by atoms with Gasteiger partial charge in [0.05, 0.1) is 12.6 Å². The van der Waals surface area contributed by atoms with Gasteiger partial charge >= 0.3 is 0 Å². The van der Waals surface area contributed by atoms with Gasteiger partial charge in [0.1, 0.15) is 11.6 Å². The van der Waals surface area contributed by atoms with Gasteiger partial charge in [-0.05, 0) is 25.1 Å². The van der Waals surface area contributed by atoms with Crippen molar-refractivity contribution in [3.05, 3.63) is 35.4 Å². The number of halogens is 2. The number of nitrogens with one attached hydrogen (secondary N) is 1. The fraction of sp³-hybridized carbons (Fsp3) is 0.538. The Kier molecular flexibility index (Phi) is 6.08. The molecule has 1 N–H and O–H groups in total. The van der Waals surface area contributed by atoms with Crippen molar-refractivity contribution >= 4 is 0 Å². The average molecular weight is 243 g/mol. The Labute approximate surface area is 101 Å². The minimum Gasteiger partial charge on any atom is -0.379 e. The Hall–Kier alpha value is -1.00. The molecule has 1 aromatic rings. The summed E-state index contributed by atoms with van der Waals surface area (Å²) in [6.07, 6.45) is 0.887. The van der Waals surface area contributed by atoms with Crippen LogP contribution in [0.2, 0.25) is 0 Å². The normalized spacial score (nSPS) is 12.7. The van der Waals surface area contributed by atoms with E-state index < -0.39 is 17.7 Å². The molecule has 0 aliphatic rings. The van der Waals surface area contributed by atoms with Gasteiger partial charge in [-0.2, -0.15) is 0 Å². The Bertz CT molecular complexity index is 324. The van der Waals surface area contributed by atoms with Crippen molar-refractivity contribution in [1.82, 2.24) is 5.32 Å². The van der Waals surface area contributed by atoms with E-state index in [1.54, 1.807) is 0 Å². The van der Waals surface area contributed by atoms with E-state index in [9.17, 15) is 8.78 Å². The molecule has 0 spiro atoms. The number of ether oxygens (including phenoxy) is 1. The first-order valence-electron chi connectivity index (χ1n) is 5.95. The molecule has 0 bridgehead atoms. The van der Waals surface area contributed by atoms with Gasteiger partial charge in [0.15, 0.2) is 0 Å². The summed E-state index contributed by atoms with van der Waals surface area (Å²) in [7, 11) is 0. The first kappa shape index (κ1) is 14.1. The third-order valence-electron chi connectivity index (χ3n) is 2.43. The Balaban J connectivity index is 2.81. The Morgan fingerprint density at radius 2 is 1.88 bits per heavy atom. The van der Waals surface area contributed by atoms with Gasteiger partial charge in [-0.1, -0.05) is 19.9 Å². The van der Waals surface area contributed by atoms with E-state index in [1.165, 1.54) is 18.2 Å². The van der Waals surface area contributed by atoms with Crippen LogP contribution in [0.25, 0.3) is 0 Å². The lowest BCUT2D eigenvalue weighted by molar-refractivity contribution is 0.110. The van der Waals surface area contributed by atoms with Crippen LogP contribution in [0.5, 0.6) is 0 Å². The average Bonchev–Trinajstić information content (AvgIpc) is 2.29. The summed E-state index contributed by atoms with van der Waals surface area (Å²) in [6, 6.07) is 3.46. The molecule has 0 saturated heterocycles. The summed E-state index contributed by atoms with van der Waals surface area (Å²) in [6.45, 7) is 5.39. The Morgan fingerprint density at radius 3 is 2.41 bits per heavy atom. The smallest absolute Gasteiger partial charge is 0.131 e. The van der Waals surface area contributed by atoms with Crippen molar-refractivity contribution in [3.8, 4) is 0 Å². The van der Waals surface area contributed by atoms with Crippen LogP contribution in [0, 0.1) is 11.6 Å². The fourth-order valence-electron chi connectivity index (χ4n) is 1.68. The lowest BCUT2D eigenvalue weighted by Gasteiger charge is -2.19. The third kappa shape index (κ3) is 4.06. The molecule has 0 aliphatic carbocycles. The third-order valence-corrected chi connectivity index (χ3v) is 2.43. The van der Waals surface area contributed by atoms with Crippen LogP contribution in [0.1, 0.15) is 31.9 Å². The van der Waals surface area contributed by atoms with Gasteiger partial charge in [0.25, 0.3) is 0 Å². The van der Waals surface area contributed by atoms with Crippen LogP contribution < -0.4 is 5.32 Å². The molecule has 0 aliphatic heterocycles. The van der Waals surface area contributed by atoms with Gasteiger partial charge in [-0.3, -0.25) is 0 Å². The molecular weight excluding hydrogens is 224 g/mol. The highest BCUT2D eigenvalue weighted by atomic mass is 19.1. The molecule has 0 saturated carbocycles. The molecule has 1 rings (SSSR count).